The Bertz CT molecular complexity index is 233. The zero-order chi connectivity index (χ0) is 10.1. The molecule has 0 spiro atoms. The summed E-state index contributed by atoms with van der Waals surface area (Å²) in [6.45, 7) is 0.970. The number of nitrogens with zero attached hydrogens (tertiary/aromatic N) is 1. The first-order valence-electron chi connectivity index (χ1n) is 5.02. The van der Waals surface area contributed by atoms with Crippen LogP contribution >= 0.6 is 0 Å². The van der Waals surface area contributed by atoms with E-state index in [1.807, 2.05) is 0 Å². The van der Waals surface area contributed by atoms with Crippen molar-refractivity contribution in [3.05, 3.63) is 0 Å². The van der Waals surface area contributed by atoms with Gasteiger partial charge in [0, 0.05) is 25.0 Å². The molecular weight excluding hydrogens is 187 g/mol. The molecule has 2 N–H and O–H groups in total. The van der Waals surface area contributed by atoms with E-state index in [9.17, 15) is 9.18 Å². The van der Waals surface area contributed by atoms with E-state index >= 15 is 0 Å². The lowest BCUT2D eigenvalue weighted by Crippen LogP contribution is -2.31. The molecule has 1 saturated carbocycles. The Morgan fingerprint density at radius 2 is 2.21 bits per heavy atom. The standard InChI is InChI=1S/C9H15FN2O2/c10-8-5-12(9(13)14)4-6(8)3-11-7-1-2-7/h6-8,11H,1-5H2,(H,13,14)/t6-,8+/m0/s1. The average molecular weight is 202 g/mol. The molecule has 0 aromatic carbocycles. The van der Waals surface area contributed by atoms with Gasteiger partial charge >= 0.3 is 6.09 Å². The Hall–Kier alpha value is -0.840. The van der Waals surface area contributed by atoms with Crippen molar-refractivity contribution in [2.24, 2.45) is 5.92 Å². The molecule has 2 atom stereocenters. The topological polar surface area (TPSA) is 52.6 Å². The van der Waals surface area contributed by atoms with Crippen LogP contribution in [0.1, 0.15) is 12.8 Å². The summed E-state index contributed by atoms with van der Waals surface area (Å²) in [6.07, 6.45) is 0.331. The maximum Gasteiger partial charge on any atom is 0.407 e. The van der Waals surface area contributed by atoms with Gasteiger partial charge in [0.05, 0.1) is 6.54 Å². The maximum absolute atomic E-state index is 13.3. The van der Waals surface area contributed by atoms with Crippen molar-refractivity contribution in [2.75, 3.05) is 19.6 Å². The highest BCUT2D eigenvalue weighted by molar-refractivity contribution is 5.65. The molecule has 5 heteroatoms. The predicted molar refractivity (Wildman–Crippen MR) is 49.0 cm³/mol. The molecule has 1 amide bonds. The summed E-state index contributed by atoms with van der Waals surface area (Å²) >= 11 is 0. The molecule has 1 aliphatic heterocycles. The van der Waals surface area contributed by atoms with E-state index in [0.29, 0.717) is 19.1 Å². The molecule has 80 valence electrons. The minimum absolute atomic E-state index is 0.0341. The Morgan fingerprint density at radius 1 is 1.50 bits per heavy atom. The third kappa shape index (κ3) is 2.15. The number of rotatable bonds is 3. The van der Waals surface area contributed by atoms with Crippen LogP contribution in [0.15, 0.2) is 0 Å². The van der Waals surface area contributed by atoms with Gasteiger partial charge < -0.3 is 15.3 Å². The molecule has 0 aromatic heterocycles. The van der Waals surface area contributed by atoms with Gasteiger partial charge in [-0.15, -0.1) is 0 Å². The van der Waals surface area contributed by atoms with Crippen LogP contribution in [0, 0.1) is 5.92 Å². The van der Waals surface area contributed by atoms with Gasteiger partial charge in [-0.05, 0) is 12.8 Å². The van der Waals surface area contributed by atoms with Gasteiger partial charge in [-0.2, -0.15) is 0 Å². The summed E-state index contributed by atoms with van der Waals surface area (Å²) in [4.78, 5) is 11.7. The lowest BCUT2D eigenvalue weighted by atomic mass is 10.1. The smallest absolute Gasteiger partial charge is 0.407 e. The molecule has 0 aromatic rings. The van der Waals surface area contributed by atoms with E-state index in [2.05, 4.69) is 5.32 Å². The van der Waals surface area contributed by atoms with Crippen LogP contribution in [0.4, 0.5) is 9.18 Å². The van der Waals surface area contributed by atoms with Crippen molar-refractivity contribution in [1.29, 1.82) is 0 Å². The summed E-state index contributed by atoms with van der Waals surface area (Å²) < 4.78 is 13.3. The normalized spacial score (nSPS) is 32.2. The third-order valence-corrected chi connectivity index (χ3v) is 2.88. The number of hydrogen-bond acceptors (Lipinski definition) is 2. The quantitative estimate of drug-likeness (QED) is 0.707. The number of likely N-dealkylation sites (tertiary alicyclic amines) is 1. The van der Waals surface area contributed by atoms with Crippen molar-refractivity contribution < 1.29 is 14.3 Å². The fraction of sp³-hybridized carbons (Fsp3) is 0.889. The molecule has 2 aliphatic rings. The Balaban J connectivity index is 1.77. The maximum atomic E-state index is 13.3. The van der Waals surface area contributed by atoms with Crippen LogP contribution in [0.25, 0.3) is 0 Å². The van der Waals surface area contributed by atoms with Crippen molar-refractivity contribution >= 4 is 6.09 Å². The fourth-order valence-electron chi connectivity index (χ4n) is 1.79. The molecule has 14 heavy (non-hydrogen) atoms. The van der Waals surface area contributed by atoms with Crippen LogP contribution in [-0.2, 0) is 0 Å². The zero-order valence-corrected chi connectivity index (χ0v) is 7.95. The first-order chi connectivity index (χ1) is 6.66. The Labute approximate surface area is 82.1 Å². The summed E-state index contributed by atoms with van der Waals surface area (Å²) in [6, 6.07) is 0.557. The molecule has 0 unspecified atom stereocenters. The second kappa shape index (κ2) is 3.73. The number of hydrogen-bond donors (Lipinski definition) is 2. The molecule has 1 saturated heterocycles. The number of amides is 1. The van der Waals surface area contributed by atoms with Gasteiger partial charge in [-0.25, -0.2) is 9.18 Å². The minimum atomic E-state index is -1.01. The predicted octanol–water partition coefficient (Wildman–Crippen LogP) is 0.686. The van der Waals surface area contributed by atoms with E-state index in [-0.39, 0.29) is 12.5 Å². The van der Waals surface area contributed by atoms with Gasteiger partial charge in [0.1, 0.15) is 6.17 Å². The summed E-state index contributed by atoms with van der Waals surface area (Å²) in [5.74, 6) is -0.160. The van der Waals surface area contributed by atoms with Crippen LogP contribution in [0.3, 0.4) is 0 Å². The molecule has 2 rings (SSSR count). The van der Waals surface area contributed by atoms with E-state index in [1.54, 1.807) is 0 Å². The van der Waals surface area contributed by atoms with Crippen LogP contribution in [0.2, 0.25) is 0 Å². The van der Waals surface area contributed by atoms with E-state index in [1.165, 1.54) is 12.8 Å². The molecule has 0 bridgehead atoms. The SMILES string of the molecule is O=C(O)N1C[C@H](CNC2CC2)[C@H](F)C1. The number of carbonyl (C=O) groups is 1. The highest BCUT2D eigenvalue weighted by Gasteiger charge is 2.36. The molecule has 1 heterocycles. The summed E-state index contributed by atoms with van der Waals surface area (Å²) in [5.41, 5.74) is 0. The second-order valence-corrected chi connectivity index (χ2v) is 4.15. The largest absolute Gasteiger partial charge is 0.465 e. The van der Waals surface area contributed by atoms with Crippen LogP contribution < -0.4 is 5.32 Å². The van der Waals surface area contributed by atoms with Gasteiger partial charge in [0.25, 0.3) is 0 Å². The third-order valence-electron chi connectivity index (χ3n) is 2.88. The molecule has 4 nitrogen and oxygen atoms in total. The molecule has 2 fully saturated rings. The van der Waals surface area contributed by atoms with Crippen molar-refractivity contribution in [2.45, 2.75) is 25.1 Å². The van der Waals surface area contributed by atoms with E-state index in [4.69, 9.17) is 5.11 Å². The lowest BCUT2D eigenvalue weighted by molar-refractivity contribution is 0.152. The molecule has 0 radical (unpaired) electrons. The number of halogens is 1. The fourth-order valence-corrected chi connectivity index (χ4v) is 1.79. The van der Waals surface area contributed by atoms with Crippen LogP contribution in [-0.4, -0.2) is 47.9 Å². The average Bonchev–Trinajstić information content (AvgIpc) is 2.87. The van der Waals surface area contributed by atoms with Gasteiger partial charge in [0.15, 0.2) is 0 Å². The van der Waals surface area contributed by atoms with Crippen molar-refractivity contribution in [1.82, 2.24) is 10.2 Å². The Morgan fingerprint density at radius 3 is 2.71 bits per heavy atom. The van der Waals surface area contributed by atoms with Crippen molar-refractivity contribution in [3.63, 3.8) is 0 Å². The number of nitrogens with one attached hydrogen (secondary N) is 1. The Kier molecular flexibility index (Phi) is 2.58. The second-order valence-electron chi connectivity index (χ2n) is 4.15. The molecule has 1 aliphatic carbocycles. The highest BCUT2D eigenvalue weighted by Crippen LogP contribution is 2.23. The van der Waals surface area contributed by atoms with Gasteiger partial charge in [0.2, 0.25) is 0 Å². The van der Waals surface area contributed by atoms with E-state index < -0.39 is 12.3 Å². The number of carboxylic acid groups (broad SMARTS) is 1. The molecular formula is C9H15FN2O2. The van der Waals surface area contributed by atoms with E-state index in [0.717, 1.165) is 4.90 Å². The minimum Gasteiger partial charge on any atom is -0.465 e. The first kappa shape index (κ1) is 9.71. The summed E-state index contributed by atoms with van der Waals surface area (Å²) in [7, 11) is 0. The summed E-state index contributed by atoms with van der Waals surface area (Å²) in [5, 5.41) is 11.9. The van der Waals surface area contributed by atoms with Crippen LogP contribution in [0.5, 0.6) is 0 Å². The monoisotopic (exact) mass is 202 g/mol. The van der Waals surface area contributed by atoms with Gasteiger partial charge in [-0.3, -0.25) is 0 Å². The first-order valence-corrected chi connectivity index (χ1v) is 5.02. The van der Waals surface area contributed by atoms with Crippen molar-refractivity contribution in [3.8, 4) is 0 Å². The zero-order valence-electron chi connectivity index (χ0n) is 7.95. The lowest BCUT2D eigenvalue weighted by Gasteiger charge is -2.12. The number of alkyl halides is 1. The van der Waals surface area contributed by atoms with Gasteiger partial charge in [-0.1, -0.05) is 0 Å². The highest BCUT2D eigenvalue weighted by atomic mass is 19.1.